The number of nitrogens with two attached hydrogens (primary N) is 1. The predicted octanol–water partition coefficient (Wildman–Crippen LogP) is 2.52. The minimum Gasteiger partial charge on any atom is -0.384 e. The first-order valence-corrected chi connectivity index (χ1v) is 6.98. The average molecular weight is 268 g/mol. The maximum atomic E-state index is 13.4. The highest BCUT2D eigenvalue weighted by molar-refractivity contribution is 7.99. The van der Waals surface area contributed by atoms with Gasteiger partial charge in [-0.3, -0.25) is 5.41 Å². The van der Waals surface area contributed by atoms with Crippen molar-refractivity contribution in [3.05, 3.63) is 35.1 Å². The lowest BCUT2D eigenvalue weighted by atomic mass is 10.1. The first kappa shape index (κ1) is 13.4. The van der Waals surface area contributed by atoms with Gasteiger partial charge in [-0.1, -0.05) is 0 Å². The Kier molecular flexibility index (Phi) is 4.24. The minimum absolute atomic E-state index is 0.0988. The standard InChI is InChI=1S/C13H17FN2OS/c1-8-12(2-3-17-8)18-7-9-4-10(13(15)16)6-11(14)5-9/h4-6,8,12H,2-3,7H2,1H3,(H3,15,16). The van der Waals surface area contributed by atoms with Crippen LogP contribution in [0.3, 0.4) is 0 Å². The Hall–Kier alpha value is -1.07. The van der Waals surface area contributed by atoms with Gasteiger partial charge in [0.15, 0.2) is 0 Å². The molecule has 1 saturated heterocycles. The summed E-state index contributed by atoms with van der Waals surface area (Å²) in [5.74, 6) is 0.281. The van der Waals surface area contributed by atoms with Gasteiger partial charge in [0, 0.05) is 23.2 Å². The van der Waals surface area contributed by atoms with E-state index < -0.39 is 0 Å². The van der Waals surface area contributed by atoms with Crippen LogP contribution in [0.2, 0.25) is 0 Å². The van der Waals surface area contributed by atoms with Crippen molar-refractivity contribution in [1.29, 1.82) is 5.41 Å². The van der Waals surface area contributed by atoms with Gasteiger partial charge in [-0.15, -0.1) is 0 Å². The van der Waals surface area contributed by atoms with Crippen LogP contribution in [-0.2, 0) is 10.5 Å². The number of hydrogen-bond donors (Lipinski definition) is 2. The van der Waals surface area contributed by atoms with E-state index in [0.717, 1.165) is 24.3 Å². The highest BCUT2D eigenvalue weighted by Gasteiger charge is 2.24. The number of halogens is 1. The van der Waals surface area contributed by atoms with E-state index in [4.69, 9.17) is 15.9 Å². The lowest BCUT2D eigenvalue weighted by Gasteiger charge is -2.13. The third-order valence-electron chi connectivity index (χ3n) is 3.04. The van der Waals surface area contributed by atoms with Crippen LogP contribution in [0.5, 0.6) is 0 Å². The molecule has 1 fully saturated rings. The van der Waals surface area contributed by atoms with Crippen LogP contribution < -0.4 is 5.73 Å². The number of amidine groups is 1. The number of thioether (sulfide) groups is 1. The van der Waals surface area contributed by atoms with Gasteiger partial charge in [0.1, 0.15) is 11.7 Å². The summed E-state index contributed by atoms with van der Waals surface area (Å²) in [4.78, 5) is 0. The van der Waals surface area contributed by atoms with Crippen LogP contribution >= 0.6 is 11.8 Å². The topological polar surface area (TPSA) is 59.1 Å². The van der Waals surface area contributed by atoms with Crippen LogP contribution in [0.4, 0.5) is 4.39 Å². The Bertz CT molecular complexity index is 453. The lowest BCUT2D eigenvalue weighted by molar-refractivity contribution is 0.127. The molecule has 0 amide bonds. The average Bonchev–Trinajstić information content (AvgIpc) is 2.71. The highest BCUT2D eigenvalue weighted by Crippen LogP contribution is 2.29. The molecule has 1 aromatic carbocycles. The van der Waals surface area contributed by atoms with Gasteiger partial charge in [0.2, 0.25) is 0 Å². The SMILES string of the molecule is CC1OCCC1SCc1cc(F)cc(C(=N)N)c1. The summed E-state index contributed by atoms with van der Waals surface area (Å²) in [5, 5.41) is 7.81. The molecule has 3 N–H and O–H groups in total. The van der Waals surface area contributed by atoms with E-state index in [1.54, 1.807) is 17.8 Å². The molecule has 1 heterocycles. The van der Waals surface area contributed by atoms with Gasteiger partial charge in [0.25, 0.3) is 0 Å². The number of nitrogen functional groups attached to an aromatic ring is 1. The molecule has 5 heteroatoms. The van der Waals surface area contributed by atoms with Gasteiger partial charge in [0.05, 0.1) is 6.10 Å². The molecule has 98 valence electrons. The zero-order valence-electron chi connectivity index (χ0n) is 10.3. The molecule has 1 aliphatic heterocycles. The Balaban J connectivity index is 2.02. The number of ether oxygens (including phenoxy) is 1. The maximum Gasteiger partial charge on any atom is 0.124 e. The molecule has 0 bridgehead atoms. The molecule has 1 aliphatic rings. The molecule has 0 saturated carbocycles. The first-order chi connectivity index (χ1) is 8.56. The molecule has 18 heavy (non-hydrogen) atoms. The van der Waals surface area contributed by atoms with E-state index in [1.165, 1.54) is 12.1 Å². The Morgan fingerprint density at radius 2 is 2.33 bits per heavy atom. The molecule has 2 atom stereocenters. The largest absolute Gasteiger partial charge is 0.384 e. The molecule has 2 unspecified atom stereocenters. The molecule has 0 aliphatic carbocycles. The third-order valence-corrected chi connectivity index (χ3v) is 4.59. The van der Waals surface area contributed by atoms with E-state index in [2.05, 4.69) is 6.92 Å². The summed E-state index contributed by atoms with van der Waals surface area (Å²) in [7, 11) is 0. The molecular weight excluding hydrogens is 251 g/mol. The van der Waals surface area contributed by atoms with Crippen LogP contribution in [0.15, 0.2) is 18.2 Å². The summed E-state index contributed by atoms with van der Waals surface area (Å²) >= 11 is 1.77. The maximum absolute atomic E-state index is 13.4. The van der Waals surface area contributed by atoms with E-state index in [9.17, 15) is 4.39 Å². The van der Waals surface area contributed by atoms with Crippen LogP contribution in [0, 0.1) is 11.2 Å². The fourth-order valence-electron chi connectivity index (χ4n) is 2.02. The molecule has 1 aromatic rings. The second-order valence-corrected chi connectivity index (χ2v) is 5.70. The van der Waals surface area contributed by atoms with Crippen LogP contribution in [0.25, 0.3) is 0 Å². The zero-order valence-corrected chi connectivity index (χ0v) is 11.1. The van der Waals surface area contributed by atoms with Crippen molar-refractivity contribution in [2.45, 2.75) is 30.5 Å². The summed E-state index contributed by atoms with van der Waals surface area (Å²) in [6.45, 7) is 2.87. The molecule has 3 nitrogen and oxygen atoms in total. The summed E-state index contributed by atoms with van der Waals surface area (Å²) in [6.07, 6.45) is 1.30. The van der Waals surface area contributed by atoms with Crippen molar-refractivity contribution in [3.63, 3.8) is 0 Å². The molecule has 0 aromatic heterocycles. The quantitative estimate of drug-likeness (QED) is 0.651. The number of rotatable bonds is 4. The monoisotopic (exact) mass is 268 g/mol. The van der Waals surface area contributed by atoms with Gasteiger partial charge in [-0.05, 0) is 37.1 Å². The Morgan fingerprint density at radius 3 is 2.94 bits per heavy atom. The smallest absolute Gasteiger partial charge is 0.124 e. The van der Waals surface area contributed by atoms with E-state index in [1.807, 2.05) is 0 Å². The highest BCUT2D eigenvalue weighted by atomic mass is 32.2. The number of nitrogens with one attached hydrogen (secondary N) is 1. The second kappa shape index (κ2) is 5.71. The second-order valence-electron chi connectivity index (χ2n) is 4.48. The van der Waals surface area contributed by atoms with Crippen molar-refractivity contribution in [1.82, 2.24) is 0 Å². The predicted molar refractivity (Wildman–Crippen MR) is 72.5 cm³/mol. The normalized spacial score (nSPS) is 23.2. The molecule has 2 rings (SSSR count). The molecular formula is C13H17FN2OS. The summed E-state index contributed by atoms with van der Waals surface area (Å²) in [6, 6.07) is 4.57. The third kappa shape index (κ3) is 3.23. The molecule has 0 spiro atoms. The van der Waals surface area contributed by atoms with E-state index in [0.29, 0.717) is 10.8 Å². The van der Waals surface area contributed by atoms with Crippen molar-refractivity contribution >= 4 is 17.6 Å². The van der Waals surface area contributed by atoms with E-state index >= 15 is 0 Å². The van der Waals surface area contributed by atoms with Gasteiger partial charge in [-0.2, -0.15) is 11.8 Å². The molecule has 0 radical (unpaired) electrons. The Morgan fingerprint density at radius 1 is 1.56 bits per heavy atom. The van der Waals surface area contributed by atoms with E-state index in [-0.39, 0.29) is 17.8 Å². The van der Waals surface area contributed by atoms with Crippen molar-refractivity contribution in [2.75, 3.05) is 6.61 Å². The first-order valence-electron chi connectivity index (χ1n) is 5.93. The fraction of sp³-hybridized carbons (Fsp3) is 0.462. The summed E-state index contributed by atoms with van der Waals surface area (Å²) in [5.41, 5.74) is 6.69. The minimum atomic E-state index is -0.339. The number of hydrogen-bond acceptors (Lipinski definition) is 3. The van der Waals surface area contributed by atoms with Gasteiger partial charge in [-0.25, -0.2) is 4.39 Å². The summed E-state index contributed by atoms with van der Waals surface area (Å²) < 4.78 is 18.9. The van der Waals surface area contributed by atoms with Crippen molar-refractivity contribution in [2.24, 2.45) is 5.73 Å². The zero-order chi connectivity index (χ0) is 13.1. The van der Waals surface area contributed by atoms with Crippen molar-refractivity contribution < 1.29 is 9.13 Å². The van der Waals surface area contributed by atoms with Crippen LogP contribution in [0.1, 0.15) is 24.5 Å². The van der Waals surface area contributed by atoms with Gasteiger partial charge >= 0.3 is 0 Å². The fourth-order valence-corrected chi connectivity index (χ4v) is 3.21. The Labute approximate surface area is 110 Å². The lowest BCUT2D eigenvalue weighted by Crippen LogP contribution is -2.14. The van der Waals surface area contributed by atoms with Crippen LogP contribution in [-0.4, -0.2) is 23.8 Å². The van der Waals surface area contributed by atoms with Gasteiger partial charge < -0.3 is 10.5 Å². The van der Waals surface area contributed by atoms with Crippen molar-refractivity contribution in [3.8, 4) is 0 Å². The number of benzene rings is 1.